The van der Waals surface area contributed by atoms with Gasteiger partial charge in [0.1, 0.15) is 0 Å². The molecule has 2 atom stereocenters. The van der Waals surface area contributed by atoms with E-state index in [0.29, 0.717) is 58.9 Å². The average Bonchev–Trinajstić information content (AvgIpc) is 3.76. The van der Waals surface area contributed by atoms with Gasteiger partial charge in [-0.25, -0.2) is 8.89 Å². The van der Waals surface area contributed by atoms with E-state index in [-0.39, 0.29) is 46.2 Å². The van der Waals surface area contributed by atoms with E-state index in [0.717, 1.165) is 57.7 Å². The van der Waals surface area contributed by atoms with Crippen LogP contribution in [0.2, 0.25) is 15.1 Å². The van der Waals surface area contributed by atoms with Gasteiger partial charge in [-0.2, -0.15) is 5.10 Å². The predicted octanol–water partition coefficient (Wildman–Crippen LogP) is 9.93. The Labute approximate surface area is 387 Å². The molecule has 16 heteroatoms. The Hall–Kier alpha value is -4.50. The van der Waals surface area contributed by atoms with Gasteiger partial charge in [-0.1, -0.05) is 91.8 Å². The van der Waals surface area contributed by atoms with Gasteiger partial charge in [0, 0.05) is 65.9 Å². The number of nitrogens with two attached hydrogens (primary N) is 1. The van der Waals surface area contributed by atoms with E-state index in [9.17, 15) is 18.6 Å². The van der Waals surface area contributed by atoms with E-state index in [1.165, 1.54) is 10.7 Å². The smallest absolute Gasteiger partial charge is 0.275 e. The number of carbonyl (C=O) groups excluding carboxylic acids is 3. The van der Waals surface area contributed by atoms with Crippen LogP contribution >= 0.6 is 50.7 Å². The zero-order valence-electron chi connectivity index (χ0n) is 34.6. The second-order valence-corrected chi connectivity index (χ2v) is 18.7. The highest BCUT2D eigenvalue weighted by Crippen LogP contribution is 2.32. The molecule has 2 aromatic heterocycles. The fraction of sp³-hybridized carbons (Fsp3) is 0.304. The second kappa shape index (κ2) is 19.9. The van der Waals surface area contributed by atoms with Gasteiger partial charge in [-0.3, -0.25) is 19.1 Å². The molecule has 4 aromatic carbocycles. The first-order chi connectivity index (χ1) is 29.8. The van der Waals surface area contributed by atoms with Crippen molar-refractivity contribution >= 4 is 90.3 Å². The van der Waals surface area contributed by atoms with Crippen LogP contribution in [0.15, 0.2) is 94.4 Å². The SMILES string of the molecule is CCCCN(CCCC)C(=O)c1nn(-c2ccc(C(=O)NS(=O)c3ccc4c(c3)c(Br)cn4Cc3ccc(Cl)c(Cl)c3)cc2C(=O)N2Cc3ccccc3C[C@H]2CN)c(C)c1Cl. The van der Waals surface area contributed by atoms with E-state index in [2.05, 4.69) is 34.5 Å². The van der Waals surface area contributed by atoms with Crippen molar-refractivity contribution in [1.82, 2.24) is 28.9 Å². The maximum atomic E-state index is 14.9. The van der Waals surface area contributed by atoms with Crippen LogP contribution in [0.1, 0.15) is 93.1 Å². The van der Waals surface area contributed by atoms with Gasteiger partial charge in [0.25, 0.3) is 17.7 Å². The molecular formula is C46H47BrCl3N7O4S. The third-order valence-corrected chi connectivity index (χ3v) is 14.1. The van der Waals surface area contributed by atoms with Gasteiger partial charge in [-0.15, -0.1) is 0 Å². The standard InChI is InChI=1S/C46H47BrCl3N7O4S/c1-4-6-18-54(19-7-5-2)46(60)43-42(50)28(3)57(52-43)41-16-13-31(22-36(41)45(59)56-26-32-11-9-8-10-30(32)21-33(56)24-51)44(58)53-62(61)34-14-17-40-35(23-34)37(47)27-55(40)25-29-12-15-38(48)39(49)20-29/h8-17,20,22-23,27,33H,4-7,18-19,21,24-26,51H2,1-3H3,(H,53,58)/t33-,62?/m0/s1. The van der Waals surface area contributed by atoms with E-state index >= 15 is 0 Å². The molecule has 1 unspecified atom stereocenters. The first-order valence-corrected chi connectivity index (χ1v) is 23.6. The largest absolute Gasteiger partial charge is 0.342 e. The van der Waals surface area contributed by atoms with Crippen molar-refractivity contribution in [3.8, 4) is 5.69 Å². The fourth-order valence-corrected chi connectivity index (χ4v) is 9.66. The summed E-state index contributed by atoms with van der Waals surface area (Å²) in [6.45, 7) is 8.06. The highest BCUT2D eigenvalue weighted by Gasteiger charge is 2.33. The second-order valence-electron chi connectivity index (χ2n) is 15.4. The minimum Gasteiger partial charge on any atom is -0.342 e. The van der Waals surface area contributed by atoms with Gasteiger partial charge >= 0.3 is 0 Å². The molecule has 0 aliphatic carbocycles. The average molecular weight is 980 g/mol. The molecule has 0 saturated carbocycles. The summed E-state index contributed by atoms with van der Waals surface area (Å²) >= 11 is 22.9. The maximum Gasteiger partial charge on any atom is 0.275 e. The van der Waals surface area contributed by atoms with Gasteiger partial charge in [0.2, 0.25) is 0 Å². The number of rotatable bonds is 15. The quantitative estimate of drug-likeness (QED) is 0.105. The number of fused-ring (bicyclic) bond motifs is 2. The number of nitrogens with zero attached hydrogens (tertiary/aromatic N) is 5. The summed E-state index contributed by atoms with van der Waals surface area (Å²) in [5.41, 5.74) is 11.3. The molecule has 3 N–H and O–H groups in total. The molecule has 0 spiro atoms. The highest BCUT2D eigenvalue weighted by molar-refractivity contribution is 9.10. The van der Waals surface area contributed by atoms with Crippen molar-refractivity contribution < 1.29 is 18.6 Å². The Morgan fingerprint density at radius 3 is 2.35 bits per heavy atom. The Kier molecular flexibility index (Phi) is 14.6. The monoisotopic (exact) mass is 977 g/mol. The molecule has 0 saturated heterocycles. The Bertz CT molecular complexity index is 2690. The third kappa shape index (κ3) is 9.53. The van der Waals surface area contributed by atoms with E-state index in [4.69, 9.17) is 45.6 Å². The van der Waals surface area contributed by atoms with Crippen LogP contribution in [-0.2, 0) is 30.5 Å². The van der Waals surface area contributed by atoms with Crippen LogP contribution in [-0.4, -0.2) is 71.8 Å². The van der Waals surface area contributed by atoms with Gasteiger partial charge in [0.15, 0.2) is 16.7 Å². The molecule has 62 heavy (non-hydrogen) atoms. The number of hydrogen-bond acceptors (Lipinski definition) is 6. The van der Waals surface area contributed by atoms with E-state index in [1.54, 1.807) is 47.1 Å². The lowest BCUT2D eigenvalue weighted by Crippen LogP contribution is -2.48. The van der Waals surface area contributed by atoms with Crippen molar-refractivity contribution in [2.45, 2.75) is 76.9 Å². The number of carbonyl (C=O) groups is 3. The Morgan fingerprint density at radius 1 is 0.935 bits per heavy atom. The van der Waals surface area contributed by atoms with Crippen LogP contribution in [0, 0.1) is 6.92 Å². The molecular weight excluding hydrogens is 933 g/mol. The van der Waals surface area contributed by atoms with Crippen LogP contribution in [0.4, 0.5) is 0 Å². The number of unbranched alkanes of at least 4 members (excludes halogenated alkanes) is 2. The van der Waals surface area contributed by atoms with Gasteiger partial charge < -0.3 is 20.1 Å². The van der Waals surface area contributed by atoms with E-state index in [1.807, 2.05) is 53.2 Å². The number of halogens is 4. The first kappa shape index (κ1) is 45.5. The Morgan fingerprint density at radius 2 is 1.66 bits per heavy atom. The molecule has 7 rings (SSSR count). The van der Waals surface area contributed by atoms with Crippen molar-refractivity contribution in [2.75, 3.05) is 19.6 Å². The molecule has 0 fully saturated rings. The summed E-state index contributed by atoms with van der Waals surface area (Å²) < 4.78 is 20.7. The first-order valence-electron chi connectivity index (χ1n) is 20.5. The van der Waals surface area contributed by atoms with Crippen molar-refractivity contribution in [2.24, 2.45) is 5.73 Å². The predicted molar refractivity (Wildman–Crippen MR) is 251 cm³/mol. The fourth-order valence-electron chi connectivity index (χ4n) is 7.76. The highest BCUT2D eigenvalue weighted by atomic mass is 79.9. The summed E-state index contributed by atoms with van der Waals surface area (Å²) in [4.78, 5) is 46.7. The van der Waals surface area contributed by atoms with Crippen LogP contribution < -0.4 is 10.5 Å². The van der Waals surface area contributed by atoms with Gasteiger partial charge in [0.05, 0.1) is 36.9 Å². The summed E-state index contributed by atoms with van der Waals surface area (Å²) in [5, 5.41) is 6.66. The van der Waals surface area contributed by atoms with Crippen LogP contribution in [0.3, 0.4) is 0 Å². The zero-order valence-corrected chi connectivity index (χ0v) is 39.3. The van der Waals surface area contributed by atoms with Crippen molar-refractivity contribution in [1.29, 1.82) is 0 Å². The number of amides is 3. The minimum atomic E-state index is -1.98. The molecule has 324 valence electrons. The normalized spacial score (nSPS) is 14.2. The minimum absolute atomic E-state index is 0.0899. The summed E-state index contributed by atoms with van der Waals surface area (Å²) in [6.07, 6.45) is 6.00. The molecule has 1 aliphatic rings. The molecule has 0 radical (unpaired) electrons. The molecule has 0 bridgehead atoms. The van der Waals surface area contributed by atoms with Crippen molar-refractivity contribution in [3.05, 3.63) is 144 Å². The molecule has 1 aliphatic heterocycles. The number of benzene rings is 4. The summed E-state index contributed by atoms with van der Waals surface area (Å²) in [5.74, 6) is -1.32. The molecule has 3 heterocycles. The Balaban J connectivity index is 1.22. The lowest BCUT2D eigenvalue weighted by Gasteiger charge is -2.36. The summed E-state index contributed by atoms with van der Waals surface area (Å²) in [6, 6.07) is 23.0. The topological polar surface area (TPSA) is 136 Å². The zero-order chi connectivity index (χ0) is 44.2. The lowest BCUT2D eigenvalue weighted by atomic mass is 9.93. The van der Waals surface area contributed by atoms with Gasteiger partial charge in [-0.05, 0) is 107 Å². The van der Waals surface area contributed by atoms with Crippen molar-refractivity contribution in [3.63, 3.8) is 0 Å². The number of hydrogen-bond donors (Lipinski definition) is 2. The molecule has 3 amide bonds. The third-order valence-electron chi connectivity index (χ3n) is 11.2. The summed E-state index contributed by atoms with van der Waals surface area (Å²) in [7, 11) is -1.98. The molecule has 6 aromatic rings. The maximum absolute atomic E-state index is 14.9. The van der Waals surface area contributed by atoms with Crippen LogP contribution in [0.5, 0.6) is 0 Å². The lowest BCUT2D eigenvalue weighted by molar-refractivity contribution is 0.0647. The number of nitrogens with one attached hydrogen (secondary N) is 1. The van der Waals surface area contributed by atoms with Crippen LogP contribution in [0.25, 0.3) is 16.6 Å². The van der Waals surface area contributed by atoms with E-state index < -0.39 is 16.9 Å². The number of aromatic nitrogens is 3. The molecule has 11 nitrogen and oxygen atoms in total.